The molecule has 4 N–H and O–H groups in total. The van der Waals surface area contributed by atoms with Gasteiger partial charge >= 0.3 is 0 Å². The van der Waals surface area contributed by atoms with Gasteiger partial charge in [-0.2, -0.15) is 0 Å². The van der Waals surface area contributed by atoms with Crippen LogP contribution in [0.1, 0.15) is 26.0 Å². The number of carbonyl (C=O) groups excluding carboxylic acids is 1. The molecule has 0 aliphatic carbocycles. The Bertz CT molecular complexity index is 573. The number of carbonyl (C=O) groups is 1. The summed E-state index contributed by atoms with van der Waals surface area (Å²) < 4.78 is 26.6. The lowest BCUT2D eigenvalue weighted by Gasteiger charge is -2.10. The standard InChI is InChI=1S/C13H22N4O3S/c1-10(2)9-16-13(18)5-7-17-21(19,20)12-4-3-6-15-11(12)8-14/h3-4,6,10,17H,5,7-9,14H2,1-2H3,(H,16,18). The first-order chi connectivity index (χ1) is 9.86. The summed E-state index contributed by atoms with van der Waals surface area (Å²) in [6, 6.07) is 2.97. The Hall–Kier alpha value is -1.51. The number of aromatic nitrogens is 1. The molecule has 0 fully saturated rings. The monoisotopic (exact) mass is 314 g/mol. The van der Waals surface area contributed by atoms with Crippen LogP contribution in [0.2, 0.25) is 0 Å². The van der Waals surface area contributed by atoms with E-state index in [1.807, 2.05) is 13.8 Å². The van der Waals surface area contributed by atoms with E-state index in [0.717, 1.165) is 0 Å². The zero-order chi connectivity index (χ0) is 15.9. The molecule has 0 saturated carbocycles. The summed E-state index contributed by atoms with van der Waals surface area (Å²) in [5, 5.41) is 2.72. The van der Waals surface area contributed by atoms with Crippen molar-refractivity contribution in [1.29, 1.82) is 0 Å². The summed E-state index contributed by atoms with van der Waals surface area (Å²) in [5.41, 5.74) is 5.77. The Kier molecular flexibility index (Phi) is 6.73. The summed E-state index contributed by atoms with van der Waals surface area (Å²) in [7, 11) is -3.70. The van der Waals surface area contributed by atoms with Crippen LogP contribution in [0, 0.1) is 5.92 Å². The molecule has 0 atom stereocenters. The Morgan fingerprint density at radius 2 is 2.14 bits per heavy atom. The predicted octanol–water partition coefficient (Wildman–Crippen LogP) is -0.0191. The molecule has 1 rings (SSSR count). The minimum Gasteiger partial charge on any atom is -0.356 e. The number of nitrogens with zero attached hydrogens (tertiary/aromatic N) is 1. The molecule has 1 aromatic heterocycles. The van der Waals surface area contributed by atoms with E-state index in [2.05, 4.69) is 15.0 Å². The van der Waals surface area contributed by atoms with Crippen molar-refractivity contribution in [3.63, 3.8) is 0 Å². The first-order valence-corrected chi connectivity index (χ1v) is 8.25. The average Bonchev–Trinajstić information content (AvgIpc) is 2.44. The Morgan fingerprint density at radius 1 is 1.43 bits per heavy atom. The van der Waals surface area contributed by atoms with Crippen molar-refractivity contribution < 1.29 is 13.2 Å². The number of nitrogens with one attached hydrogen (secondary N) is 2. The number of rotatable bonds is 8. The van der Waals surface area contributed by atoms with Gasteiger partial charge in [0.1, 0.15) is 4.90 Å². The Labute approximate surface area is 125 Å². The van der Waals surface area contributed by atoms with Crippen LogP contribution in [0.25, 0.3) is 0 Å². The second-order valence-corrected chi connectivity index (χ2v) is 6.73. The molecule has 0 radical (unpaired) electrons. The van der Waals surface area contributed by atoms with Gasteiger partial charge in [-0.25, -0.2) is 13.1 Å². The third-order valence-corrected chi connectivity index (χ3v) is 4.22. The minimum atomic E-state index is -3.70. The highest BCUT2D eigenvalue weighted by atomic mass is 32.2. The van der Waals surface area contributed by atoms with E-state index in [9.17, 15) is 13.2 Å². The van der Waals surface area contributed by atoms with Gasteiger partial charge in [0.15, 0.2) is 0 Å². The lowest BCUT2D eigenvalue weighted by molar-refractivity contribution is -0.121. The van der Waals surface area contributed by atoms with Crippen molar-refractivity contribution >= 4 is 15.9 Å². The molecule has 0 saturated heterocycles. The molecular weight excluding hydrogens is 292 g/mol. The van der Waals surface area contributed by atoms with E-state index in [-0.39, 0.29) is 30.3 Å². The lowest BCUT2D eigenvalue weighted by atomic mass is 10.2. The fraction of sp³-hybridized carbons (Fsp3) is 0.538. The highest BCUT2D eigenvalue weighted by Gasteiger charge is 2.18. The van der Waals surface area contributed by atoms with Crippen LogP contribution in [-0.4, -0.2) is 32.4 Å². The molecule has 0 aliphatic rings. The minimum absolute atomic E-state index is 0.0329. The SMILES string of the molecule is CC(C)CNC(=O)CCNS(=O)(=O)c1cccnc1CN. The van der Waals surface area contributed by atoms with E-state index in [4.69, 9.17) is 5.73 Å². The van der Waals surface area contributed by atoms with Gasteiger partial charge in [0.05, 0.1) is 5.69 Å². The summed E-state index contributed by atoms with van der Waals surface area (Å²) in [6.07, 6.45) is 1.57. The first kappa shape index (κ1) is 17.5. The molecule has 0 aliphatic heterocycles. The van der Waals surface area contributed by atoms with E-state index >= 15 is 0 Å². The van der Waals surface area contributed by atoms with E-state index in [1.165, 1.54) is 18.3 Å². The molecular formula is C13H22N4O3S. The zero-order valence-corrected chi connectivity index (χ0v) is 13.1. The maximum Gasteiger partial charge on any atom is 0.242 e. The Morgan fingerprint density at radius 3 is 2.76 bits per heavy atom. The second-order valence-electron chi connectivity index (χ2n) is 5.00. The third-order valence-electron chi connectivity index (χ3n) is 2.68. The quantitative estimate of drug-likeness (QED) is 0.624. The zero-order valence-electron chi connectivity index (χ0n) is 12.3. The van der Waals surface area contributed by atoms with Crippen molar-refractivity contribution in [2.45, 2.75) is 31.7 Å². The highest BCUT2D eigenvalue weighted by Crippen LogP contribution is 2.11. The van der Waals surface area contributed by atoms with Crippen LogP contribution in [0.15, 0.2) is 23.2 Å². The van der Waals surface area contributed by atoms with Crippen molar-refractivity contribution in [2.24, 2.45) is 11.7 Å². The number of nitrogens with two attached hydrogens (primary N) is 1. The van der Waals surface area contributed by atoms with Crippen LogP contribution in [0.4, 0.5) is 0 Å². The van der Waals surface area contributed by atoms with E-state index < -0.39 is 10.0 Å². The highest BCUT2D eigenvalue weighted by molar-refractivity contribution is 7.89. The van der Waals surface area contributed by atoms with Crippen LogP contribution in [-0.2, 0) is 21.4 Å². The molecule has 1 amide bonds. The van der Waals surface area contributed by atoms with Crippen LogP contribution < -0.4 is 15.8 Å². The molecule has 0 aromatic carbocycles. The van der Waals surface area contributed by atoms with Crippen molar-refractivity contribution in [2.75, 3.05) is 13.1 Å². The maximum absolute atomic E-state index is 12.1. The largest absolute Gasteiger partial charge is 0.356 e. The van der Waals surface area contributed by atoms with Gasteiger partial charge in [0.25, 0.3) is 0 Å². The number of hydrogen-bond donors (Lipinski definition) is 3. The van der Waals surface area contributed by atoms with Gasteiger partial charge in [-0.15, -0.1) is 0 Å². The predicted molar refractivity (Wildman–Crippen MR) is 79.8 cm³/mol. The van der Waals surface area contributed by atoms with Crippen LogP contribution >= 0.6 is 0 Å². The summed E-state index contributed by atoms with van der Waals surface area (Å²) >= 11 is 0. The molecule has 7 nitrogen and oxygen atoms in total. The van der Waals surface area contributed by atoms with Crippen molar-refractivity contribution in [3.05, 3.63) is 24.0 Å². The van der Waals surface area contributed by atoms with Crippen LogP contribution in [0.5, 0.6) is 0 Å². The van der Waals surface area contributed by atoms with Gasteiger partial charge < -0.3 is 11.1 Å². The molecule has 0 unspecified atom stereocenters. The molecule has 1 aromatic rings. The third kappa shape index (κ3) is 5.78. The molecule has 0 spiro atoms. The number of amides is 1. The molecule has 1 heterocycles. The summed E-state index contributed by atoms with van der Waals surface area (Å²) in [5.74, 6) is 0.171. The van der Waals surface area contributed by atoms with Crippen molar-refractivity contribution in [3.8, 4) is 0 Å². The van der Waals surface area contributed by atoms with Gasteiger partial charge in [0, 0.05) is 32.3 Å². The van der Waals surface area contributed by atoms with E-state index in [1.54, 1.807) is 0 Å². The van der Waals surface area contributed by atoms with Gasteiger partial charge in [-0.3, -0.25) is 9.78 Å². The van der Waals surface area contributed by atoms with Crippen molar-refractivity contribution in [1.82, 2.24) is 15.0 Å². The lowest BCUT2D eigenvalue weighted by Crippen LogP contribution is -2.32. The molecule has 8 heteroatoms. The molecule has 0 bridgehead atoms. The summed E-state index contributed by atoms with van der Waals surface area (Å²) in [4.78, 5) is 15.5. The fourth-order valence-electron chi connectivity index (χ4n) is 1.60. The van der Waals surface area contributed by atoms with Gasteiger partial charge in [0.2, 0.25) is 15.9 Å². The topological polar surface area (TPSA) is 114 Å². The first-order valence-electron chi connectivity index (χ1n) is 6.77. The maximum atomic E-state index is 12.1. The summed E-state index contributed by atoms with van der Waals surface area (Å²) in [6.45, 7) is 4.61. The number of sulfonamides is 1. The van der Waals surface area contributed by atoms with Gasteiger partial charge in [-0.1, -0.05) is 13.8 Å². The second kappa shape index (κ2) is 8.06. The molecule has 118 valence electrons. The molecule has 21 heavy (non-hydrogen) atoms. The normalized spacial score (nSPS) is 11.6. The average molecular weight is 314 g/mol. The fourth-order valence-corrected chi connectivity index (χ4v) is 2.83. The van der Waals surface area contributed by atoms with Gasteiger partial charge in [-0.05, 0) is 18.1 Å². The number of hydrogen-bond acceptors (Lipinski definition) is 5. The Balaban J connectivity index is 2.56. The van der Waals surface area contributed by atoms with E-state index in [0.29, 0.717) is 18.2 Å². The smallest absolute Gasteiger partial charge is 0.242 e. The number of pyridine rings is 1. The van der Waals surface area contributed by atoms with Crippen LogP contribution in [0.3, 0.4) is 0 Å².